The van der Waals surface area contributed by atoms with Crippen LogP contribution >= 0.6 is 11.6 Å². The Kier molecular flexibility index (Phi) is 2.11. The molecule has 0 radical (unpaired) electrons. The van der Waals surface area contributed by atoms with E-state index in [0.29, 0.717) is 10.9 Å². The van der Waals surface area contributed by atoms with Gasteiger partial charge in [-0.15, -0.1) is 10.2 Å². The Morgan fingerprint density at radius 3 is 3.20 bits per heavy atom. The summed E-state index contributed by atoms with van der Waals surface area (Å²) in [5.74, 6) is 1.33. The third-order valence-electron chi connectivity index (χ3n) is 2.69. The van der Waals surface area contributed by atoms with Gasteiger partial charge in [-0.3, -0.25) is 4.40 Å². The number of hydrogen-bond donors (Lipinski definition) is 0. The van der Waals surface area contributed by atoms with E-state index in [4.69, 9.17) is 16.3 Å². The van der Waals surface area contributed by atoms with Gasteiger partial charge in [-0.05, 0) is 12.5 Å². The summed E-state index contributed by atoms with van der Waals surface area (Å²) in [6, 6.07) is 3.66. The van der Waals surface area contributed by atoms with Crippen LogP contribution in [-0.4, -0.2) is 27.8 Å². The molecule has 4 nitrogen and oxygen atoms in total. The van der Waals surface area contributed by atoms with Crippen molar-refractivity contribution >= 4 is 17.2 Å². The zero-order valence-corrected chi connectivity index (χ0v) is 8.81. The molecule has 1 aliphatic heterocycles. The number of fused-ring (bicyclic) bond motifs is 1. The molecule has 2 aromatic rings. The van der Waals surface area contributed by atoms with Crippen molar-refractivity contribution in [2.75, 3.05) is 13.2 Å². The van der Waals surface area contributed by atoms with Crippen LogP contribution < -0.4 is 0 Å². The average molecular weight is 224 g/mol. The van der Waals surface area contributed by atoms with E-state index < -0.39 is 0 Å². The molecule has 5 heteroatoms. The molecule has 15 heavy (non-hydrogen) atoms. The number of hydrogen-bond acceptors (Lipinski definition) is 3. The lowest BCUT2D eigenvalue weighted by molar-refractivity contribution is 0.193. The highest BCUT2D eigenvalue weighted by Crippen LogP contribution is 2.24. The highest BCUT2D eigenvalue weighted by Gasteiger charge is 2.22. The lowest BCUT2D eigenvalue weighted by Gasteiger charge is -2.04. The van der Waals surface area contributed by atoms with E-state index in [1.807, 2.05) is 22.7 Å². The molecule has 1 atom stereocenters. The normalized spacial score (nSPS) is 21.3. The van der Waals surface area contributed by atoms with Crippen LogP contribution in [-0.2, 0) is 4.74 Å². The summed E-state index contributed by atoms with van der Waals surface area (Å²) in [6.45, 7) is 1.55. The van der Waals surface area contributed by atoms with Crippen LogP contribution in [0.25, 0.3) is 5.65 Å². The fourth-order valence-corrected chi connectivity index (χ4v) is 2.05. The summed E-state index contributed by atoms with van der Waals surface area (Å²) >= 11 is 5.88. The first kappa shape index (κ1) is 9.12. The monoisotopic (exact) mass is 223 g/mol. The van der Waals surface area contributed by atoms with Gasteiger partial charge in [0.15, 0.2) is 5.65 Å². The number of ether oxygens (including phenoxy) is 1. The summed E-state index contributed by atoms with van der Waals surface area (Å²) in [6.07, 6.45) is 2.93. The Morgan fingerprint density at radius 1 is 1.47 bits per heavy atom. The smallest absolute Gasteiger partial charge is 0.162 e. The van der Waals surface area contributed by atoms with Crippen LogP contribution in [0.3, 0.4) is 0 Å². The van der Waals surface area contributed by atoms with Gasteiger partial charge in [-0.1, -0.05) is 11.6 Å². The second-order valence-electron chi connectivity index (χ2n) is 3.69. The number of nitrogens with zero attached hydrogens (tertiary/aromatic N) is 3. The minimum Gasteiger partial charge on any atom is -0.381 e. The molecular formula is C10H10ClN3O. The van der Waals surface area contributed by atoms with E-state index >= 15 is 0 Å². The molecule has 1 aliphatic rings. The number of pyridine rings is 1. The Hall–Kier alpha value is -1.13. The van der Waals surface area contributed by atoms with Gasteiger partial charge in [0.05, 0.1) is 6.61 Å². The maximum Gasteiger partial charge on any atom is 0.162 e. The highest BCUT2D eigenvalue weighted by molar-refractivity contribution is 6.30. The average Bonchev–Trinajstić information content (AvgIpc) is 2.82. The lowest BCUT2D eigenvalue weighted by atomic mass is 10.1. The highest BCUT2D eigenvalue weighted by atomic mass is 35.5. The van der Waals surface area contributed by atoms with Crippen LogP contribution in [0.1, 0.15) is 18.2 Å². The SMILES string of the molecule is Clc1ccn2c(C3CCOC3)nnc2c1. The Labute approximate surface area is 91.8 Å². The molecule has 0 N–H and O–H groups in total. The molecule has 0 saturated carbocycles. The molecule has 1 saturated heterocycles. The van der Waals surface area contributed by atoms with E-state index in [-0.39, 0.29) is 0 Å². The predicted molar refractivity (Wildman–Crippen MR) is 56.2 cm³/mol. The van der Waals surface area contributed by atoms with Gasteiger partial charge < -0.3 is 4.74 Å². The summed E-state index contributed by atoms with van der Waals surface area (Å²) in [5.41, 5.74) is 0.796. The third kappa shape index (κ3) is 1.50. The molecule has 1 unspecified atom stereocenters. The van der Waals surface area contributed by atoms with Gasteiger partial charge in [0.25, 0.3) is 0 Å². The molecule has 0 aromatic carbocycles. The summed E-state index contributed by atoms with van der Waals surface area (Å²) in [4.78, 5) is 0. The molecule has 0 amide bonds. The largest absolute Gasteiger partial charge is 0.381 e. The van der Waals surface area contributed by atoms with Gasteiger partial charge in [-0.2, -0.15) is 0 Å². The van der Waals surface area contributed by atoms with Crippen LogP contribution in [0.5, 0.6) is 0 Å². The van der Waals surface area contributed by atoms with Crippen molar-refractivity contribution in [1.29, 1.82) is 0 Å². The molecule has 2 aromatic heterocycles. The molecule has 1 fully saturated rings. The van der Waals surface area contributed by atoms with Crippen LogP contribution in [0.15, 0.2) is 18.3 Å². The van der Waals surface area contributed by atoms with Gasteiger partial charge >= 0.3 is 0 Å². The van der Waals surface area contributed by atoms with Crippen LogP contribution in [0.4, 0.5) is 0 Å². The van der Waals surface area contributed by atoms with E-state index in [1.165, 1.54) is 0 Å². The number of aromatic nitrogens is 3. The third-order valence-corrected chi connectivity index (χ3v) is 2.93. The molecular weight excluding hydrogens is 214 g/mol. The summed E-state index contributed by atoms with van der Waals surface area (Å²) in [7, 11) is 0. The standard InChI is InChI=1S/C10H10ClN3O/c11-8-1-3-14-9(5-8)12-13-10(14)7-2-4-15-6-7/h1,3,5,7H,2,4,6H2. The number of rotatable bonds is 1. The Bertz CT molecular complexity index is 490. The molecule has 3 rings (SSSR count). The number of halogens is 1. The van der Waals surface area contributed by atoms with Crippen molar-refractivity contribution in [3.05, 3.63) is 29.2 Å². The second-order valence-corrected chi connectivity index (χ2v) is 4.13. The van der Waals surface area contributed by atoms with Crippen molar-refractivity contribution in [3.8, 4) is 0 Å². The maximum atomic E-state index is 5.88. The summed E-state index contributed by atoms with van der Waals surface area (Å²) < 4.78 is 7.32. The fourth-order valence-electron chi connectivity index (χ4n) is 1.90. The van der Waals surface area contributed by atoms with Gasteiger partial charge in [0.2, 0.25) is 0 Å². The van der Waals surface area contributed by atoms with Crippen molar-refractivity contribution in [2.45, 2.75) is 12.3 Å². The first-order chi connectivity index (χ1) is 7.34. The second kappa shape index (κ2) is 3.47. The summed E-state index contributed by atoms with van der Waals surface area (Å²) in [5, 5.41) is 8.97. The Morgan fingerprint density at radius 2 is 2.40 bits per heavy atom. The minimum absolute atomic E-state index is 0.362. The quantitative estimate of drug-likeness (QED) is 0.741. The molecule has 0 bridgehead atoms. The van der Waals surface area contributed by atoms with Crippen molar-refractivity contribution in [1.82, 2.24) is 14.6 Å². The molecule has 3 heterocycles. The van der Waals surface area contributed by atoms with Crippen molar-refractivity contribution in [2.24, 2.45) is 0 Å². The Balaban J connectivity index is 2.11. The first-order valence-corrected chi connectivity index (χ1v) is 5.30. The van der Waals surface area contributed by atoms with E-state index in [9.17, 15) is 0 Å². The topological polar surface area (TPSA) is 39.4 Å². The van der Waals surface area contributed by atoms with Crippen LogP contribution in [0, 0.1) is 0 Å². The van der Waals surface area contributed by atoms with Crippen molar-refractivity contribution < 1.29 is 4.74 Å². The van der Waals surface area contributed by atoms with Crippen molar-refractivity contribution in [3.63, 3.8) is 0 Å². The molecule has 0 aliphatic carbocycles. The van der Waals surface area contributed by atoms with E-state index in [1.54, 1.807) is 0 Å². The fraction of sp³-hybridized carbons (Fsp3) is 0.400. The van der Waals surface area contributed by atoms with E-state index in [0.717, 1.165) is 31.1 Å². The van der Waals surface area contributed by atoms with E-state index in [2.05, 4.69) is 10.2 Å². The first-order valence-electron chi connectivity index (χ1n) is 4.92. The van der Waals surface area contributed by atoms with Gasteiger partial charge in [-0.25, -0.2) is 0 Å². The minimum atomic E-state index is 0.362. The zero-order valence-electron chi connectivity index (χ0n) is 8.06. The lowest BCUT2D eigenvalue weighted by Crippen LogP contribution is -2.03. The van der Waals surface area contributed by atoms with Crippen LogP contribution in [0.2, 0.25) is 5.02 Å². The zero-order chi connectivity index (χ0) is 10.3. The van der Waals surface area contributed by atoms with Gasteiger partial charge in [0, 0.05) is 29.8 Å². The maximum absolute atomic E-state index is 5.88. The predicted octanol–water partition coefficient (Wildman–Crippen LogP) is 1.89. The molecule has 0 spiro atoms. The molecule has 78 valence electrons. The van der Waals surface area contributed by atoms with Gasteiger partial charge in [0.1, 0.15) is 5.82 Å².